The lowest BCUT2D eigenvalue weighted by Crippen LogP contribution is -2.47. The van der Waals surface area contributed by atoms with E-state index in [9.17, 15) is 9.59 Å². The summed E-state index contributed by atoms with van der Waals surface area (Å²) in [6, 6.07) is 19.6. The van der Waals surface area contributed by atoms with Gasteiger partial charge in [-0.05, 0) is 55.7 Å². The fourth-order valence-electron chi connectivity index (χ4n) is 4.90. The normalized spacial score (nSPS) is 14.6. The molecule has 1 fully saturated rings. The summed E-state index contributed by atoms with van der Waals surface area (Å²) in [7, 11) is 0. The fraction of sp³-hybridized carbons (Fsp3) is 0.286. The number of hydrogen-bond donors (Lipinski definition) is 1. The second kappa shape index (κ2) is 10.3. The molecule has 0 bridgehead atoms. The van der Waals surface area contributed by atoms with E-state index in [0.29, 0.717) is 16.7 Å². The Balaban J connectivity index is 1.59. The monoisotopic (exact) mass is 485 g/mol. The Hall–Kier alpha value is -4.07. The van der Waals surface area contributed by atoms with E-state index in [1.54, 1.807) is 24.3 Å². The van der Waals surface area contributed by atoms with Gasteiger partial charge in [-0.15, -0.1) is 5.10 Å². The number of amides is 2. The van der Waals surface area contributed by atoms with Gasteiger partial charge < -0.3 is 5.32 Å². The van der Waals surface area contributed by atoms with Crippen LogP contribution in [0.4, 0.5) is 10.1 Å². The molecule has 5 rings (SSSR count). The molecule has 36 heavy (non-hydrogen) atoms. The van der Waals surface area contributed by atoms with Crippen molar-refractivity contribution in [2.24, 2.45) is 0 Å². The van der Waals surface area contributed by atoms with Crippen molar-refractivity contribution < 1.29 is 14.0 Å². The molecule has 1 heterocycles. The van der Waals surface area contributed by atoms with E-state index < -0.39 is 23.7 Å². The largest absolute Gasteiger partial charge is 0.351 e. The van der Waals surface area contributed by atoms with E-state index in [0.717, 1.165) is 31.2 Å². The maximum atomic E-state index is 15.2. The van der Waals surface area contributed by atoms with Crippen molar-refractivity contribution in [1.29, 1.82) is 0 Å². The van der Waals surface area contributed by atoms with Gasteiger partial charge in [0, 0.05) is 17.3 Å². The highest BCUT2D eigenvalue weighted by Crippen LogP contribution is 2.31. The van der Waals surface area contributed by atoms with Crippen molar-refractivity contribution >= 4 is 28.5 Å². The number of benzene rings is 3. The summed E-state index contributed by atoms with van der Waals surface area (Å²) in [4.78, 5) is 29.1. The Kier molecular flexibility index (Phi) is 6.75. The van der Waals surface area contributed by atoms with Gasteiger partial charge in [-0.2, -0.15) is 0 Å². The molecule has 7 nitrogen and oxygen atoms in total. The number of aryl methyl sites for hydroxylation is 1. The van der Waals surface area contributed by atoms with E-state index in [1.165, 1.54) is 15.6 Å². The predicted molar refractivity (Wildman–Crippen MR) is 136 cm³/mol. The van der Waals surface area contributed by atoms with Gasteiger partial charge >= 0.3 is 0 Å². The van der Waals surface area contributed by atoms with Crippen LogP contribution in [0.3, 0.4) is 0 Å². The predicted octanol–water partition coefficient (Wildman–Crippen LogP) is 4.71. The Labute approximate surface area is 208 Å². The van der Waals surface area contributed by atoms with Crippen LogP contribution in [0.1, 0.15) is 42.9 Å². The first-order valence-corrected chi connectivity index (χ1v) is 12.2. The smallest absolute Gasteiger partial charge is 0.249 e. The second-order valence-corrected chi connectivity index (χ2v) is 9.25. The molecule has 0 spiro atoms. The number of halogens is 1. The Morgan fingerprint density at radius 1 is 1.06 bits per heavy atom. The lowest BCUT2D eigenvalue weighted by molar-refractivity contribution is -0.127. The third-order valence-electron chi connectivity index (χ3n) is 6.66. The van der Waals surface area contributed by atoms with Gasteiger partial charge in [0.05, 0.1) is 5.52 Å². The summed E-state index contributed by atoms with van der Waals surface area (Å²) >= 11 is 0. The molecule has 2 amide bonds. The third-order valence-corrected chi connectivity index (χ3v) is 6.66. The van der Waals surface area contributed by atoms with Crippen molar-refractivity contribution in [2.45, 2.75) is 51.2 Å². The van der Waals surface area contributed by atoms with Crippen LogP contribution in [-0.4, -0.2) is 32.9 Å². The van der Waals surface area contributed by atoms with Crippen LogP contribution in [0.2, 0.25) is 0 Å². The zero-order chi connectivity index (χ0) is 25.1. The maximum absolute atomic E-state index is 15.2. The molecular formula is C28H28FN5O2. The van der Waals surface area contributed by atoms with E-state index in [2.05, 4.69) is 15.6 Å². The van der Waals surface area contributed by atoms with Crippen LogP contribution >= 0.6 is 0 Å². The Bertz CT molecular complexity index is 1400. The van der Waals surface area contributed by atoms with Gasteiger partial charge in [0.2, 0.25) is 11.8 Å². The summed E-state index contributed by atoms with van der Waals surface area (Å²) in [5.41, 5.74) is 2.94. The molecule has 1 atom stereocenters. The first kappa shape index (κ1) is 23.7. The minimum absolute atomic E-state index is 0.0143. The van der Waals surface area contributed by atoms with Crippen molar-refractivity contribution in [2.75, 3.05) is 4.90 Å². The summed E-state index contributed by atoms with van der Waals surface area (Å²) in [5, 5.41) is 11.4. The van der Waals surface area contributed by atoms with Crippen LogP contribution in [0.15, 0.2) is 72.8 Å². The highest BCUT2D eigenvalue weighted by atomic mass is 19.1. The van der Waals surface area contributed by atoms with Crippen molar-refractivity contribution in [3.05, 3.63) is 89.7 Å². The van der Waals surface area contributed by atoms with Gasteiger partial charge in [0.15, 0.2) is 0 Å². The van der Waals surface area contributed by atoms with Crippen LogP contribution < -0.4 is 10.2 Å². The maximum Gasteiger partial charge on any atom is 0.249 e. The molecule has 1 saturated carbocycles. The molecule has 0 radical (unpaired) electrons. The van der Waals surface area contributed by atoms with Gasteiger partial charge in [0.25, 0.3) is 0 Å². The molecule has 0 aliphatic heterocycles. The van der Waals surface area contributed by atoms with E-state index in [-0.39, 0.29) is 18.2 Å². The van der Waals surface area contributed by atoms with E-state index in [1.807, 2.05) is 49.4 Å². The summed E-state index contributed by atoms with van der Waals surface area (Å²) in [6.45, 7) is 1.75. The highest BCUT2D eigenvalue weighted by molar-refractivity contribution is 6.01. The average molecular weight is 486 g/mol. The first-order chi connectivity index (χ1) is 17.5. The molecule has 8 heteroatoms. The second-order valence-electron chi connectivity index (χ2n) is 9.25. The number of para-hydroxylation sites is 1. The number of hydrogen-bond acceptors (Lipinski definition) is 4. The molecule has 1 N–H and O–H groups in total. The summed E-state index contributed by atoms with van der Waals surface area (Å²) < 4.78 is 16.7. The number of nitrogens with zero attached hydrogens (tertiary/aromatic N) is 4. The van der Waals surface area contributed by atoms with Gasteiger partial charge in [-0.1, -0.05) is 60.5 Å². The minimum Gasteiger partial charge on any atom is -0.351 e. The van der Waals surface area contributed by atoms with E-state index in [4.69, 9.17) is 0 Å². The summed E-state index contributed by atoms with van der Waals surface area (Å²) in [5.74, 6) is -1.34. The molecule has 1 unspecified atom stereocenters. The van der Waals surface area contributed by atoms with Crippen LogP contribution in [-0.2, 0) is 16.1 Å². The zero-order valence-corrected chi connectivity index (χ0v) is 20.1. The summed E-state index contributed by atoms with van der Waals surface area (Å²) in [6.07, 6.45) is 3.82. The van der Waals surface area contributed by atoms with Crippen LogP contribution in [0, 0.1) is 12.7 Å². The molecule has 3 aromatic carbocycles. The van der Waals surface area contributed by atoms with Crippen molar-refractivity contribution in [3.8, 4) is 0 Å². The third kappa shape index (κ3) is 4.84. The molecule has 1 aliphatic rings. The molecule has 4 aromatic rings. The number of fused-ring (bicyclic) bond motifs is 1. The van der Waals surface area contributed by atoms with Gasteiger partial charge in [-0.25, -0.2) is 9.07 Å². The average Bonchev–Trinajstić information content (AvgIpc) is 3.53. The molecule has 1 aromatic heterocycles. The number of anilines is 1. The molecule has 1 aliphatic carbocycles. The van der Waals surface area contributed by atoms with Crippen LogP contribution in [0.25, 0.3) is 11.0 Å². The SMILES string of the molecule is Cc1cccc(N(C(=O)Cn2nnc3ccccc32)C(C(=O)NC2CCCC2)c2ccccc2F)c1. The standard InChI is InChI=1S/C28H28FN5O2/c1-19-9-8-12-21(17-19)34(26(35)18-33-25-16-7-6-15-24(25)31-32-33)27(22-13-4-5-14-23(22)29)28(36)30-20-10-2-3-11-20/h4-9,12-17,20,27H,2-3,10-11,18H2,1H3,(H,30,36). The quantitative estimate of drug-likeness (QED) is 0.411. The fourth-order valence-corrected chi connectivity index (χ4v) is 4.90. The zero-order valence-electron chi connectivity index (χ0n) is 20.1. The molecule has 0 saturated heterocycles. The number of carbonyl (C=O) groups excluding carboxylic acids is 2. The van der Waals surface area contributed by atoms with Crippen LogP contribution in [0.5, 0.6) is 0 Å². The topological polar surface area (TPSA) is 80.1 Å². The Morgan fingerprint density at radius 2 is 1.81 bits per heavy atom. The van der Waals surface area contributed by atoms with E-state index >= 15 is 4.39 Å². The first-order valence-electron chi connectivity index (χ1n) is 12.2. The van der Waals surface area contributed by atoms with Gasteiger partial charge in [-0.3, -0.25) is 14.5 Å². The minimum atomic E-state index is -1.18. The number of rotatable bonds is 7. The highest BCUT2D eigenvalue weighted by Gasteiger charge is 2.36. The van der Waals surface area contributed by atoms with Gasteiger partial charge in [0.1, 0.15) is 23.9 Å². The molecule has 184 valence electrons. The lowest BCUT2D eigenvalue weighted by Gasteiger charge is -2.32. The van der Waals surface area contributed by atoms with Crippen molar-refractivity contribution in [1.82, 2.24) is 20.3 Å². The Morgan fingerprint density at radius 3 is 2.58 bits per heavy atom. The lowest BCUT2D eigenvalue weighted by atomic mass is 10.0. The number of carbonyl (C=O) groups is 2. The van der Waals surface area contributed by atoms with Crippen molar-refractivity contribution in [3.63, 3.8) is 0 Å². The molecular weight excluding hydrogens is 457 g/mol. The number of aromatic nitrogens is 3. The number of nitrogens with one attached hydrogen (secondary N) is 1.